The zero-order chi connectivity index (χ0) is 11.9. The molecule has 1 aliphatic carbocycles. The summed E-state index contributed by atoms with van der Waals surface area (Å²) in [5.41, 5.74) is 0.0483. The van der Waals surface area contributed by atoms with Crippen LogP contribution in [0.1, 0.15) is 33.1 Å². The molecule has 0 bridgehead atoms. The highest BCUT2D eigenvalue weighted by Gasteiger charge is 2.47. The van der Waals surface area contributed by atoms with E-state index in [1.807, 2.05) is 0 Å². The van der Waals surface area contributed by atoms with Crippen LogP contribution in [0.5, 0.6) is 0 Å². The Balaban J connectivity index is 2.22. The van der Waals surface area contributed by atoms with Crippen molar-refractivity contribution in [1.29, 1.82) is 0 Å². The Morgan fingerprint density at radius 2 is 2.19 bits per heavy atom. The van der Waals surface area contributed by atoms with Crippen molar-refractivity contribution in [3.8, 4) is 0 Å². The normalized spacial score (nSPS) is 42.4. The van der Waals surface area contributed by atoms with Crippen LogP contribution >= 0.6 is 0 Å². The predicted octanol–water partition coefficient (Wildman–Crippen LogP) is 0.739. The summed E-state index contributed by atoms with van der Waals surface area (Å²) in [4.78, 5) is 11.0. The first kappa shape index (κ1) is 12.0. The number of carbonyl (C=O) groups is 1. The second kappa shape index (κ2) is 4.11. The molecule has 2 aliphatic rings. The SMILES string of the molecule is CC1(C)CCCC2C1NC(C(=O)O)CS2=O. The van der Waals surface area contributed by atoms with Crippen LogP contribution < -0.4 is 5.32 Å². The maximum atomic E-state index is 12.0. The van der Waals surface area contributed by atoms with E-state index in [1.54, 1.807) is 0 Å². The van der Waals surface area contributed by atoms with E-state index in [4.69, 9.17) is 5.11 Å². The highest BCUT2D eigenvalue weighted by atomic mass is 32.2. The van der Waals surface area contributed by atoms with E-state index in [2.05, 4.69) is 19.2 Å². The number of nitrogens with one attached hydrogen (secondary N) is 1. The molecule has 1 saturated carbocycles. The van der Waals surface area contributed by atoms with E-state index in [-0.39, 0.29) is 22.5 Å². The average Bonchev–Trinajstić information content (AvgIpc) is 2.18. The Labute approximate surface area is 98.3 Å². The van der Waals surface area contributed by atoms with Crippen LogP contribution in [0.4, 0.5) is 0 Å². The van der Waals surface area contributed by atoms with Gasteiger partial charge in [0.05, 0.1) is 5.25 Å². The van der Waals surface area contributed by atoms with Crippen LogP contribution in [-0.4, -0.2) is 38.4 Å². The van der Waals surface area contributed by atoms with Crippen molar-refractivity contribution < 1.29 is 14.1 Å². The third-order valence-corrected chi connectivity index (χ3v) is 5.72. The first-order valence-corrected chi connectivity index (χ1v) is 7.16. The molecule has 0 aromatic carbocycles. The molecule has 0 radical (unpaired) electrons. The number of carboxylic acid groups (broad SMARTS) is 1. The van der Waals surface area contributed by atoms with Crippen molar-refractivity contribution in [3.05, 3.63) is 0 Å². The van der Waals surface area contributed by atoms with Gasteiger partial charge in [0.1, 0.15) is 6.04 Å². The zero-order valence-corrected chi connectivity index (χ0v) is 10.5. The van der Waals surface area contributed by atoms with Crippen molar-refractivity contribution in [1.82, 2.24) is 5.32 Å². The summed E-state index contributed by atoms with van der Waals surface area (Å²) >= 11 is 0. The summed E-state index contributed by atoms with van der Waals surface area (Å²) in [5.74, 6) is -0.625. The van der Waals surface area contributed by atoms with Crippen LogP contribution in [0.25, 0.3) is 0 Å². The molecule has 1 saturated heterocycles. The van der Waals surface area contributed by atoms with Crippen molar-refractivity contribution in [2.24, 2.45) is 5.41 Å². The van der Waals surface area contributed by atoms with Gasteiger partial charge in [-0.2, -0.15) is 0 Å². The van der Waals surface area contributed by atoms with Crippen molar-refractivity contribution in [3.63, 3.8) is 0 Å². The van der Waals surface area contributed by atoms with Gasteiger partial charge in [-0.05, 0) is 18.3 Å². The van der Waals surface area contributed by atoms with E-state index in [0.717, 1.165) is 19.3 Å². The Bertz CT molecular complexity index is 329. The molecule has 0 aromatic rings. The van der Waals surface area contributed by atoms with Crippen LogP contribution in [0.2, 0.25) is 0 Å². The van der Waals surface area contributed by atoms with Gasteiger partial charge in [0.2, 0.25) is 0 Å². The fourth-order valence-corrected chi connectivity index (χ4v) is 4.89. The van der Waals surface area contributed by atoms with E-state index >= 15 is 0 Å². The van der Waals surface area contributed by atoms with Gasteiger partial charge in [-0.3, -0.25) is 14.3 Å². The number of hydrogen-bond donors (Lipinski definition) is 2. The lowest BCUT2D eigenvalue weighted by molar-refractivity contribution is -0.139. The molecule has 0 spiro atoms. The first-order valence-electron chi connectivity index (χ1n) is 5.78. The quantitative estimate of drug-likeness (QED) is 0.715. The minimum absolute atomic E-state index is 0.0483. The smallest absolute Gasteiger partial charge is 0.321 e. The summed E-state index contributed by atoms with van der Waals surface area (Å²) in [7, 11) is -0.997. The maximum absolute atomic E-state index is 12.0. The van der Waals surface area contributed by atoms with Crippen LogP contribution in [-0.2, 0) is 15.6 Å². The third kappa shape index (κ3) is 2.02. The van der Waals surface area contributed by atoms with E-state index in [1.165, 1.54) is 0 Å². The number of hydrogen-bond acceptors (Lipinski definition) is 3. The molecule has 4 unspecified atom stereocenters. The molecule has 4 atom stereocenters. The first-order chi connectivity index (χ1) is 7.42. The topological polar surface area (TPSA) is 66.4 Å². The zero-order valence-electron chi connectivity index (χ0n) is 9.73. The largest absolute Gasteiger partial charge is 0.480 e. The van der Waals surface area contributed by atoms with Gasteiger partial charge in [-0.15, -0.1) is 0 Å². The molecule has 2 fully saturated rings. The molecule has 92 valence electrons. The molecule has 2 N–H and O–H groups in total. The Hall–Kier alpha value is -0.420. The molecule has 5 heteroatoms. The standard InChI is InChI=1S/C11H19NO3S/c1-11(2)5-3-4-8-9(11)12-7(10(13)14)6-16(8)15/h7-9,12H,3-6H2,1-2H3,(H,13,14). The fraction of sp³-hybridized carbons (Fsp3) is 0.909. The van der Waals surface area contributed by atoms with Crippen molar-refractivity contribution in [2.75, 3.05) is 5.75 Å². The van der Waals surface area contributed by atoms with Gasteiger partial charge >= 0.3 is 5.97 Å². The predicted molar refractivity (Wildman–Crippen MR) is 62.8 cm³/mol. The minimum atomic E-state index is -0.997. The van der Waals surface area contributed by atoms with Gasteiger partial charge < -0.3 is 5.11 Å². The van der Waals surface area contributed by atoms with E-state index in [0.29, 0.717) is 0 Å². The second-order valence-corrected chi connectivity index (χ2v) is 7.20. The lowest BCUT2D eigenvalue weighted by atomic mass is 9.72. The molecular formula is C11H19NO3S. The van der Waals surface area contributed by atoms with Gasteiger partial charge in [0, 0.05) is 22.6 Å². The number of fused-ring (bicyclic) bond motifs is 1. The highest BCUT2D eigenvalue weighted by Crippen LogP contribution is 2.39. The van der Waals surface area contributed by atoms with Gasteiger partial charge in [0.25, 0.3) is 0 Å². The van der Waals surface area contributed by atoms with Crippen molar-refractivity contribution >= 4 is 16.8 Å². The van der Waals surface area contributed by atoms with E-state index < -0.39 is 22.8 Å². The molecule has 1 aliphatic heterocycles. The summed E-state index contributed by atoms with van der Waals surface area (Å²) in [5, 5.41) is 12.3. The Morgan fingerprint density at radius 3 is 2.81 bits per heavy atom. The number of aliphatic carboxylic acids is 1. The van der Waals surface area contributed by atoms with Crippen LogP contribution in [0, 0.1) is 5.41 Å². The summed E-state index contributed by atoms with van der Waals surface area (Å²) in [6.07, 6.45) is 3.13. The highest BCUT2D eigenvalue weighted by molar-refractivity contribution is 7.85. The Kier molecular flexibility index (Phi) is 3.09. The fourth-order valence-electron chi connectivity index (χ4n) is 2.90. The number of carboxylic acids is 1. The van der Waals surface area contributed by atoms with Crippen LogP contribution in [0.3, 0.4) is 0 Å². The second-order valence-electron chi connectivity index (χ2n) is 5.50. The minimum Gasteiger partial charge on any atom is -0.480 e. The van der Waals surface area contributed by atoms with E-state index in [9.17, 15) is 9.00 Å². The van der Waals surface area contributed by atoms with Gasteiger partial charge in [-0.25, -0.2) is 0 Å². The lowest BCUT2D eigenvalue weighted by Crippen LogP contribution is -2.64. The summed E-state index contributed by atoms with van der Waals surface area (Å²) in [6, 6.07) is -0.559. The van der Waals surface area contributed by atoms with Crippen molar-refractivity contribution in [2.45, 2.75) is 50.4 Å². The van der Waals surface area contributed by atoms with Gasteiger partial charge in [0.15, 0.2) is 0 Å². The molecular weight excluding hydrogens is 226 g/mol. The summed E-state index contributed by atoms with van der Waals surface area (Å²) < 4.78 is 12.0. The lowest BCUT2D eigenvalue weighted by Gasteiger charge is -2.47. The average molecular weight is 245 g/mol. The number of rotatable bonds is 1. The maximum Gasteiger partial charge on any atom is 0.321 e. The third-order valence-electron chi connectivity index (χ3n) is 3.87. The molecule has 1 heterocycles. The molecule has 0 amide bonds. The van der Waals surface area contributed by atoms with Crippen LogP contribution in [0.15, 0.2) is 0 Å². The summed E-state index contributed by atoms with van der Waals surface area (Å²) in [6.45, 7) is 4.27. The molecule has 16 heavy (non-hydrogen) atoms. The molecule has 0 aromatic heterocycles. The Morgan fingerprint density at radius 1 is 1.50 bits per heavy atom. The van der Waals surface area contributed by atoms with Gasteiger partial charge in [-0.1, -0.05) is 20.3 Å². The molecule has 2 rings (SSSR count). The molecule has 4 nitrogen and oxygen atoms in total. The monoisotopic (exact) mass is 245 g/mol.